The normalized spacial score (nSPS) is 17.5. The summed E-state index contributed by atoms with van der Waals surface area (Å²) in [4.78, 5) is 2.21. The first-order chi connectivity index (χ1) is 12.0. The summed E-state index contributed by atoms with van der Waals surface area (Å²) in [7, 11) is -3.78. The van der Waals surface area contributed by atoms with Crippen molar-refractivity contribution in [3.05, 3.63) is 50.6 Å². The van der Waals surface area contributed by atoms with Crippen LogP contribution in [0.15, 0.2) is 41.3 Å². The summed E-state index contributed by atoms with van der Waals surface area (Å²) < 4.78 is 34.3. The second-order valence-electron chi connectivity index (χ2n) is 5.69. The van der Waals surface area contributed by atoms with Gasteiger partial charge in [-0.05, 0) is 11.6 Å². The van der Waals surface area contributed by atoms with Crippen molar-refractivity contribution in [2.24, 2.45) is 0 Å². The summed E-state index contributed by atoms with van der Waals surface area (Å²) in [6.45, 7) is 3.41. The maximum Gasteiger partial charge on any atom is 0.243 e. The fraction of sp³-hybridized carbons (Fsp3) is 0.375. The van der Waals surface area contributed by atoms with E-state index in [1.54, 1.807) is 0 Å². The molecule has 1 N–H and O–H groups in total. The van der Waals surface area contributed by atoms with E-state index in [4.69, 9.17) is 27.9 Å². The van der Waals surface area contributed by atoms with Crippen LogP contribution in [0, 0.1) is 0 Å². The molecule has 0 aliphatic carbocycles. The molecule has 3 rings (SSSR count). The smallest absolute Gasteiger partial charge is 0.243 e. The molecule has 1 atom stereocenters. The van der Waals surface area contributed by atoms with Gasteiger partial charge in [0.15, 0.2) is 0 Å². The van der Waals surface area contributed by atoms with E-state index >= 15 is 0 Å². The summed E-state index contributed by atoms with van der Waals surface area (Å²) in [5, 5.41) is 0. The molecule has 2 aromatic rings. The van der Waals surface area contributed by atoms with Crippen molar-refractivity contribution in [2.75, 3.05) is 32.8 Å². The van der Waals surface area contributed by atoms with E-state index < -0.39 is 10.0 Å². The Balaban J connectivity index is 1.85. The van der Waals surface area contributed by atoms with Gasteiger partial charge in [0.05, 0.1) is 23.6 Å². The SMILES string of the molecule is O=S(=O)(NC(CN1CCOCC1)c1ccccc1)c1cc(Cl)sc1Cl. The largest absolute Gasteiger partial charge is 0.379 e. The van der Waals surface area contributed by atoms with Crippen LogP contribution in [0.4, 0.5) is 0 Å². The zero-order valence-corrected chi connectivity index (χ0v) is 16.5. The van der Waals surface area contributed by atoms with Gasteiger partial charge in [-0.2, -0.15) is 0 Å². The summed E-state index contributed by atoms with van der Waals surface area (Å²) in [5.41, 5.74) is 0.898. The van der Waals surface area contributed by atoms with Crippen molar-refractivity contribution in [1.82, 2.24) is 9.62 Å². The van der Waals surface area contributed by atoms with Crippen LogP contribution in [0.3, 0.4) is 0 Å². The summed E-state index contributed by atoms with van der Waals surface area (Å²) in [5.74, 6) is 0. The third-order valence-corrected chi connectivity index (χ3v) is 7.18. The number of morpholine rings is 1. The molecule has 1 saturated heterocycles. The molecule has 2 heterocycles. The minimum absolute atomic E-state index is 0.0204. The van der Waals surface area contributed by atoms with Gasteiger partial charge in [0.25, 0.3) is 0 Å². The van der Waals surface area contributed by atoms with Gasteiger partial charge in [0.2, 0.25) is 10.0 Å². The highest BCUT2D eigenvalue weighted by atomic mass is 35.5. The maximum absolute atomic E-state index is 12.8. The Morgan fingerprint density at radius 2 is 1.88 bits per heavy atom. The van der Waals surface area contributed by atoms with Crippen molar-refractivity contribution in [3.8, 4) is 0 Å². The standard InChI is InChI=1S/C16H18Cl2N2O3S2/c17-15-10-14(16(18)24-15)25(21,22)19-13(12-4-2-1-3-5-12)11-20-6-8-23-9-7-20/h1-5,10,13,19H,6-9,11H2. The summed E-state index contributed by atoms with van der Waals surface area (Å²) in [6.07, 6.45) is 0. The van der Waals surface area contributed by atoms with Gasteiger partial charge in [-0.3, -0.25) is 4.90 Å². The second kappa shape index (κ2) is 8.35. The van der Waals surface area contributed by atoms with Crippen LogP contribution in [-0.2, 0) is 14.8 Å². The Morgan fingerprint density at radius 1 is 1.20 bits per heavy atom. The van der Waals surface area contributed by atoms with Crippen molar-refractivity contribution in [2.45, 2.75) is 10.9 Å². The summed E-state index contributed by atoms with van der Waals surface area (Å²) in [6, 6.07) is 10.5. The van der Waals surface area contributed by atoms with E-state index in [-0.39, 0.29) is 15.3 Å². The van der Waals surface area contributed by atoms with Crippen LogP contribution in [-0.4, -0.2) is 46.2 Å². The molecule has 5 nitrogen and oxygen atoms in total. The Morgan fingerprint density at radius 3 is 2.48 bits per heavy atom. The Kier molecular flexibility index (Phi) is 6.38. The molecule has 1 aromatic carbocycles. The van der Waals surface area contributed by atoms with Gasteiger partial charge in [-0.1, -0.05) is 53.5 Å². The highest BCUT2D eigenvalue weighted by Crippen LogP contribution is 2.34. The quantitative estimate of drug-likeness (QED) is 0.777. The number of halogens is 2. The first-order valence-corrected chi connectivity index (χ1v) is 10.8. The van der Waals surface area contributed by atoms with Crippen LogP contribution in [0.25, 0.3) is 0 Å². The minimum atomic E-state index is -3.78. The number of benzene rings is 1. The lowest BCUT2D eigenvalue weighted by Gasteiger charge is -2.31. The van der Waals surface area contributed by atoms with E-state index in [0.29, 0.717) is 24.1 Å². The van der Waals surface area contributed by atoms with Crippen molar-refractivity contribution >= 4 is 44.6 Å². The van der Waals surface area contributed by atoms with Crippen LogP contribution < -0.4 is 4.72 Å². The summed E-state index contributed by atoms with van der Waals surface area (Å²) >= 11 is 13.0. The Hall–Kier alpha value is -0.670. The molecule has 1 fully saturated rings. The van der Waals surface area contributed by atoms with E-state index in [9.17, 15) is 8.42 Å². The molecule has 1 aliphatic heterocycles. The second-order valence-corrected chi connectivity index (χ2v) is 9.65. The highest BCUT2D eigenvalue weighted by molar-refractivity contribution is 7.89. The number of hydrogen-bond acceptors (Lipinski definition) is 5. The van der Waals surface area contributed by atoms with Crippen LogP contribution in [0.1, 0.15) is 11.6 Å². The van der Waals surface area contributed by atoms with Crippen molar-refractivity contribution < 1.29 is 13.2 Å². The number of nitrogens with zero attached hydrogens (tertiary/aromatic N) is 1. The van der Waals surface area contributed by atoms with E-state index in [1.807, 2.05) is 30.3 Å². The lowest BCUT2D eigenvalue weighted by molar-refractivity contribution is 0.0345. The average Bonchev–Trinajstić information content (AvgIpc) is 2.95. The zero-order chi connectivity index (χ0) is 17.9. The van der Waals surface area contributed by atoms with Gasteiger partial charge >= 0.3 is 0 Å². The van der Waals surface area contributed by atoms with Crippen molar-refractivity contribution in [3.63, 3.8) is 0 Å². The molecule has 1 unspecified atom stereocenters. The number of hydrogen-bond donors (Lipinski definition) is 1. The van der Waals surface area contributed by atoms with Crippen LogP contribution >= 0.6 is 34.5 Å². The lowest BCUT2D eigenvalue weighted by Crippen LogP contribution is -2.43. The lowest BCUT2D eigenvalue weighted by atomic mass is 10.1. The Labute approximate surface area is 161 Å². The predicted octanol–water partition coefficient (Wildman–Crippen LogP) is 3.41. The monoisotopic (exact) mass is 420 g/mol. The molecule has 0 radical (unpaired) electrons. The van der Waals surface area contributed by atoms with Gasteiger partial charge in [-0.25, -0.2) is 13.1 Å². The van der Waals surface area contributed by atoms with Gasteiger partial charge in [0, 0.05) is 19.6 Å². The molecule has 0 amide bonds. The first kappa shape index (κ1) is 19.1. The molecule has 0 spiro atoms. The zero-order valence-electron chi connectivity index (χ0n) is 13.3. The third-order valence-electron chi connectivity index (χ3n) is 3.96. The van der Waals surface area contributed by atoms with Crippen molar-refractivity contribution in [1.29, 1.82) is 0 Å². The average molecular weight is 421 g/mol. The Bertz CT molecular complexity index is 806. The van der Waals surface area contributed by atoms with Gasteiger partial charge in [0.1, 0.15) is 9.23 Å². The molecule has 9 heteroatoms. The molecule has 0 saturated carbocycles. The molecule has 1 aliphatic rings. The van der Waals surface area contributed by atoms with Crippen LogP contribution in [0.2, 0.25) is 8.67 Å². The number of ether oxygens (including phenoxy) is 1. The van der Waals surface area contributed by atoms with E-state index in [2.05, 4.69) is 9.62 Å². The minimum Gasteiger partial charge on any atom is -0.379 e. The first-order valence-electron chi connectivity index (χ1n) is 7.78. The molecule has 25 heavy (non-hydrogen) atoms. The highest BCUT2D eigenvalue weighted by Gasteiger charge is 2.27. The third kappa shape index (κ3) is 4.95. The van der Waals surface area contributed by atoms with Gasteiger partial charge < -0.3 is 4.74 Å². The number of thiophene rings is 1. The van der Waals surface area contributed by atoms with E-state index in [0.717, 1.165) is 30.0 Å². The fourth-order valence-electron chi connectivity index (χ4n) is 2.70. The molecular formula is C16H18Cl2N2O3S2. The van der Waals surface area contributed by atoms with Crippen LogP contribution in [0.5, 0.6) is 0 Å². The molecule has 0 bridgehead atoms. The molecular weight excluding hydrogens is 403 g/mol. The van der Waals surface area contributed by atoms with Gasteiger partial charge in [-0.15, -0.1) is 11.3 Å². The number of rotatable bonds is 6. The molecule has 1 aromatic heterocycles. The number of nitrogens with one attached hydrogen (secondary N) is 1. The molecule has 136 valence electrons. The fourth-order valence-corrected chi connectivity index (χ4v) is 6.06. The maximum atomic E-state index is 12.8. The topological polar surface area (TPSA) is 58.6 Å². The number of sulfonamides is 1. The van der Waals surface area contributed by atoms with E-state index in [1.165, 1.54) is 6.07 Å². The predicted molar refractivity (Wildman–Crippen MR) is 101 cm³/mol.